The molecular weight excluding hydrogens is 402 g/mol. The average molecular weight is 428 g/mol. The molecule has 2 heterocycles. The van der Waals surface area contributed by atoms with Crippen LogP contribution in [-0.4, -0.2) is 20.3 Å². The maximum Gasteiger partial charge on any atom is 0.217 e. The van der Waals surface area contributed by atoms with Gasteiger partial charge in [0.15, 0.2) is 0 Å². The van der Waals surface area contributed by atoms with Gasteiger partial charge in [0.25, 0.3) is 0 Å². The quantitative estimate of drug-likeness (QED) is 0.465. The summed E-state index contributed by atoms with van der Waals surface area (Å²) in [7, 11) is 0. The van der Waals surface area contributed by atoms with E-state index < -0.39 is 0 Å². The Kier molecular flexibility index (Phi) is 5.23. The number of hydrogen-bond acceptors (Lipinski definition) is 5. The van der Waals surface area contributed by atoms with Crippen molar-refractivity contribution < 1.29 is 9.53 Å². The maximum absolute atomic E-state index is 11.2. The molecule has 0 saturated heterocycles. The number of fused-ring (bicyclic) bond motifs is 1. The smallest absolute Gasteiger partial charge is 0.217 e. The Labute approximate surface area is 186 Å². The molecule has 2 aromatic carbocycles. The molecule has 4 aromatic rings. The van der Waals surface area contributed by atoms with E-state index >= 15 is 0 Å². The van der Waals surface area contributed by atoms with E-state index in [4.69, 9.17) is 21.2 Å². The van der Waals surface area contributed by atoms with E-state index in [-0.39, 0.29) is 11.8 Å². The Bertz CT molecular complexity index is 1260. The summed E-state index contributed by atoms with van der Waals surface area (Å²) in [5.41, 5.74) is 15.2. The van der Waals surface area contributed by atoms with Gasteiger partial charge in [-0.1, -0.05) is 42.5 Å². The molecule has 0 unspecified atom stereocenters. The Morgan fingerprint density at radius 1 is 1.12 bits per heavy atom. The van der Waals surface area contributed by atoms with E-state index in [1.54, 1.807) is 6.20 Å². The highest BCUT2D eigenvalue weighted by molar-refractivity contribution is 5.85. The first-order chi connectivity index (χ1) is 15.6. The van der Waals surface area contributed by atoms with Crippen LogP contribution in [0.2, 0.25) is 0 Å². The molecule has 1 saturated carbocycles. The van der Waals surface area contributed by atoms with E-state index in [1.165, 1.54) is 0 Å². The monoisotopic (exact) mass is 427 g/mol. The van der Waals surface area contributed by atoms with E-state index in [0.717, 1.165) is 46.8 Å². The number of nitrogens with zero attached hydrogens (tertiary/aromatic N) is 3. The number of primary amides is 1. The number of benzene rings is 2. The second-order valence-corrected chi connectivity index (χ2v) is 8.36. The van der Waals surface area contributed by atoms with Crippen LogP contribution in [0.25, 0.3) is 16.8 Å². The number of aromatic nitrogens is 3. The van der Waals surface area contributed by atoms with Crippen LogP contribution in [-0.2, 0) is 11.4 Å². The fourth-order valence-electron chi connectivity index (χ4n) is 4.45. The number of nitrogens with two attached hydrogens (primary N) is 2. The summed E-state index contributed by atoms with van der Waals surface area (Å²) in [5.74, 6) is 2.48. The van der Waals surface area contributed by atoms with Crippen LogP contribution >= 0.6 is 0 Å². The molecule has 2 aromatic heterocycles. The van der Waals surface area contributed by atoms with Gasteiger partial charge in [0.1, 0.15) is 35.2 Å². The highest BCUT2D eigenvalue weighted by Crippen LogP contribution is 2.44. The molecule has 0 atom stereocenters. The van der Waals surface area contributed by atoms with Crippen LogP contribution in [0, 0.1) is 5.92 Å². The van der Waals surface area contributed by atoms with Gasteiger partial charge in [-0.25, -0.2) is 9.97 Å². The lowest BCUT2D eigenvalue weighted by molar-refractivity contribution is -0.119. The van der Waals surface area contributed by atoms with Crippen LogP contribution in [0.3, 0.4) is 0 Å². The van der Waals surface area contributed by atoms with Gasteiger partial charge in [-0.05, 0) is 36.5 Å². The van der Waals surface area contributed by atoms with Crippen LogP contribution in [0.4, 0.5) is 5.82 Å². The number of carbonyl (C=O) groups is 1. The molecule has 0 bridgehead atoms. The number of nitrogen functional groups attached to an aromatic ring is 1. The molecule has 4 N–H and O–H groups in total. The van der Waals surface area contributed by atoms with Gasteiger partial charge >= 0.3 is 0 Å². The van der Waals surface area contributed by atoms with Crippen molar-refractivity contribution in [2.75, 3.05) is 5.73 Å². The van der Waals surface area contributed by atoms with Crippen molar-refractivity contribution >= 4 is 17.2 Å². The zero-order valence-corrected chi connectivity index (χ0v) is 17.6. The van der Waals surface area contributed by atoms with Gasteiger partial charge in [0, 0.05) is 30.3 Å². The molecule has 1 aliphatic carbocycles. The molecule has 0 radical (unpaired) electrons. The van der Waals surface area contributed by atoms with Crippen molar-refractivity contribution in [2.24, 2.45) is 11.7 Å². The molecule has 1 aliphatic rings. The lowest BCUT2D eigenvalue weighted by atomic mass is 9.72. The minimum atomic E-state index is -0.247. The van der Waals surface area contributed by atoms with Gasteiger partial charge in [0.05, 0.1) is 0 Å². The SMILES string of the molecule is NC(=O)CC1CC(c2nc(-c3cccc(OCc4ccccc4)c3)c3c(N)nccn23)C1. The fraction of sp³-hybridized carbons (Fsp3) is 0.240. The summed E-state index contributed by atoms with van der Waals surface area (Å²) in [6.45, 7) is 0.493. The van der Waals surface area contributed by atoms with Crippen molar-refractivity contribution in [2.45, 2.75) is 31.8 Å². The molecule has 0 aliphatic heterocycles. The number of anilines is 1. The van der Waals surface area contributed by atoms with Crippen LogP contribution in [0.5, 0.6) is 5.75 Å². The Balaban J connectivity index is 1.45. The van der Waals surface area contributed by atoms with Crippen molar-refractivity contribution in [3.05, 3.63) is 78.4 Å². The summed E-state index contributed by atoms with van der Waals surface area (Å²) in [6.07, 6.45) is 5.80. The topological polar surface area (TPSA) is 109 Å². The highest BCUT2D eigenvalue weighted by atomic mass is 16.5. The summed E-state index contributed by atoms with van der Waals surface area (Å²) in [5, 5.41) is 0. The molecule has 162 valence electrons. The van der Waals surface area contributed by atoms with Gasteiger partial charge in [-0.2, -0.15) is 0 Å². The Hall–Kier alpha value is -3.87. The van der Waals surface area contributed by atoms with Gasteiger partial charge in [-0.15, -0.1) is 0 Å². The van der Waals surface area contributed by atoms with Gasteiger partial charge < -0.3 is 16.2 Å². The van der Waals surface area contributed by atoms with E-state index in [2.05, 4.69) is 4.98 Å². The van der Waals surface area contributed by atoms with Crippen LogP contribution < -0.4 is 16.2 Å². The first-order valence-corrected chi connectivity index (χ1v) is 10.8. The zero-order chi connectivity index (χ0) is 22.1. The summed E-state index contributed by atoms with van der Waals surface area (Å²) in [6, 6.07) is 17.9. The molecule has 7 nitrogen and oxygen atoms in total. The number of carbonyl (C=O) groups excluding carboxylic acids is 1. The summed E-state index contributed by atoms with van der Waals surface area (Å²) in [4.78, 5) is 20.5. The van der Waals surface area contributed by atoms with E-state index in [0.29, 0.717) is 24.8 Å². The third-order valence-electron chi connectivity index (χ3n) is 6.06. The molecule has 5 rings (SSSR count). The Morgan fingerprint density at radius 3 is 2.72 bits per heavy atom. The summed E-state index contributed by atoms with van der Waals surface area (Å²) < 4.78 is 8.04. The number of amides is 1. The number of ether oxygens (including phenoxy) is 1. The predicted molar refractivity (Wildman–Crippen MR) is 123 cm³/mol. The second-order valence-electron chi connectivity index (χ2n) is 8.36. The number of imidazole rings is 1. The standard InChI is InChI=1S/C25H25N5O2/c26-21(31)13-17-11-19(12-17)25-29-22(23-24(27)28-9-10-30(23)25)18-7-4-8-20(14-18)32-15-16-5-2-1-3-6-16/h1-10,14,17,19H,11-13,15H2,(H2,26,31)(H2,27,28). The third kappa shape index (κ3) is 3.89. The van der Waals surface area contributed by atoms with Crippen molar-refractivity contribution in [1.29, 1.82) is 0 Å². The van der Waals surface area contributed by atoms with E-state index in [9.17, 15) is 4.79 Å². The number of rotatable bonds is 7. The molecule has 1 amide bonds. The van der Waals surface area contributed by atoms with Crippen molar-refractivity contribution in [1.82, 2.24) is 14.4 Å². The van der Waals surface area contributed by atoms with Crippen molar-refractivity contribution in [3.63, 3.8) is 0 Å². The zero-order valence-electron chi connectivity index (χ0n) is 17.6. The molecule has 7 heteroatoms. The Morgan fingerprint density at radius 2 is 1.94 bits per heavy atom. The predicted octanol–water partition coefficient (Wildman–Crippen LogP) is 3.93. The molecular formula is C25H25N5O2. The van der Waals surface area contributed by atoms with E-state index in [1.807, 2.05) is 65.2 Å². The molecule has 0 spiro atoms. The fourth-order valence-corrected chi connectivity index (χ4v) is 4.45. The molecule has 32 heavy (non-hydrogen) atoms. The first kappa shape index (κ1) is 20.1. The van der Waals surface area contributed by atoms with Crippen LogP contribution in [0.15, 0.2) is 67.0 Å². The lowest BCUT2D eigenvalue weighted by Crippen LogP contribution is -2.28. The minimum Gasteiger partial charge on any atom is -0.489 e. The largest absolute Gasteiger partial charge is 0.489 e. The van der Waals surface area contributed by atoms with Crippen LogP contribution in [0.1, 0.15) is 36.6 Å². The normalized spacial score (nSPS) is 17.8. The van der Waals surface area contributed by atoms with Gasteiger partial charge in [-0.3, -0.25) is 9.20 Å². The highest BCUT2D eigenvalue weighted by Gasteiger charge is 2.35. The van der Waals surface area contributed by atoms with Crippen molar-refractivity contribution in [3.8, 4) is 17.0 Å². The third-order valence-corrected chi connectivity index (χ3v) is 6.06. The molecule has 1 fully saturated rings. The first-order valence-electron chi connectivity index (χ1n) is 10.8. The minimum absolute atomic E-state index is 0.247. The second kappa shape index (κ2) is 8.34. The average Bonchev–Trinajstić information content (AvgIpc) is 3.16. The lowest BCUT2D eigenvalue weighted by Gasteiger charge is -2.33. The number of hydrogen-bond donors (Lipinski definition) is 2. The summed E-state index contributed by atoms with van der Waals surface area (Å²) >= 11 is 0. The maximum atomic E-state index is 11.2. The van der Waals surface area contributed by atoms with Gasteiger partial charge in [0.2, 0.25) is 5.91 Å².